The van der Waals surface area contributed by atoms with E-state index in [0.717, 1.165) is 77.2 Å². The van der Waals surface area contributed by atoms with Crippen molar-refractivity contribution in [1.29, 1.82) is 0 Å². The van der Waals surface area contributed by atoms with E-state index in [-0.39, 0.29) is 0 Å². The minimum Gasteiger partial charge on any atom is -0.491 e. The Morgan fingerprint density at radius 2 is 1.56 bits per heavy atom. The van der Waals surface area contributed by atoms with Gasteiger partial charge in [-0.05, 0) is 46.2 Å². The van der Waals surface area contributed by atoms with E-state index in [0.29, 0.717) is 12.5 Å². The summed E-state index contributed by atoms with van der Waals surface area (Å²) >= 11 is 0. The molecular formula is C29H26N2O3. The molecule has 6 rings (SSSR count). The van der Waals surface area contributed by atoms with Crippen molar-refractivity contribution in [2.75, 3.05) is 39.5 Å². The molecule has 34 heavy (non-hydrogen) atoms. The fraction of sp³-hybridized carbons (Fsp3) is 0.207. The van der Waals surface area contributed by atoms with Crippen LogP contribution in [-0.4, -0.2) is 49.3 Å². The molecule has 0 amide bonds. The van der Waals surface area contributed by atoms with Gasteiger partial charge in [-0.15, -0.1) is 0 Å². The number of hydrogen-bond acceptors (Lipinski definition) is 5. The largest absolute Gasteiger partial charge is 0.491 e. The molecular weight excluding hydrogens is 424 g/mol. The summed E-state index contributed by atoms with van der Waals surface area (Å²) < 4.78 is 18.0. The molecule has 4 aromatic carbocycles. The molecule has 170 valence electrons. The molecule has 1 saturated heterocycles. The Bertz CT molecular complexity index is 1420. The van der Waals surface area contributed by atoms with Crippen LogP contribution in [0.4, 0.5) is 0 Å². The highest BCUT2D eigenvalue weighted by atomic mass is 16.5. The van der Waals surface area contributed by atoms with E-state index < -0.39 is 0 Å². The molecule has 0 radical (unpaired) electrons. The van der Waals surface area contributed by atoms with Gasteiger partial charge in [-0.2, -0.15) is 0 Å². The molecule has 0 aliphatic carbocycles. The van der Waals surface area contributed by atoms with Gasteiger partial charge in [0.15, 0.2) is 5.58 Å². The van der Waals surface area contributed by atoms with E-state index in [1.54, 1.807) is 0 Å². The van der Waals surface area contributed by atoms with Crippen molar-refractivity contribution in [3.8, 4) is 28.3 Å². The summed E-state index contributed by atoms with van der Waals surface area (Å²) in [6, 6.07) is 29.0. The van der Waals surface area contributed by atoms with E-state index in [9.17, 15) is 0 Å². The molecule has 1 aliphatic rings. The summed E-state index contributed by atoms with van der Waals surface area (Å²) in [6.07, 6.45) is 0. The highest BCUT2D eigenvalue weighted by Crippen LogP contribution is 2.36. The number of rotatable bonds is 6. The van der Waals surface area contributed by atoms with Crippen LogP contribution in [0.2, 0.25) is 0 Å². The molecule has 0 N–H and O–H groups in total. The highest BCUT2D eigenvalue weighted by molar-refractivity contribution is 5.90. The third-order valence-electron chi connectivity index (χ3n) is 6.34. The summed E-state index contributed by atoms with van der Waals surface area (Å²) in [5, 5.41) is 2.26. The topological polar surface area (TPSA) is 47.7 Å². The maximum Gasteiger partial charge on any atom is 0.231 e. The van der Waals surface area contributed by atoms with Crippen LogP contribution >= 0.6 is 0 Å². The molecule has 1 fully saturated rings. The van der Waals surface area contributed by atoms with E-state index in [4.69, 9.17) is 18.9 Å². The van der Waals surface area contributed by atoms with Crippen LogP contribution < -0.4 is 4.74 Å². The molecule has 0 atom stereocenters. The number of benzene rings is 4. The molecule has 0 saturated carbocycles. The van der Waals surface area contributed by atoms with Gasteiger partial charge in [0.1, 0.15) is 17.9 Å². The molecule has 1 aliphatic heterocycles. The van der Waals surface area contributed by atoms with E-state index in [1.165, 1.54) is 0 Å². The normalized spacial score (nSPS) is 14.6. The van der Waals surface area contributed by atoms with Crippen molar-refractivity contribution >= 4 is 21.9 Å². The molecule has 0 bridgehead atoms. The maximum atomic E-state index is 6.31. The molecule has 5 heteroatoms. The minimum absolute atomic E-state index is 0.576. The molecule has 0 spiro atoms. The van der Waals surface area contributed by atoms with Crippen molar-refractivity contribution in [2.24, 2.45) is 0 Å². The average Bonchev–Trinajstić information content (AvgIpc) is 3.33. The van der Waals surface area contributed by atoms with Crippen LogP contribution in [0.15, 0.2) is 89.3 Å². The van der Waals surface area contributed by atoms with E-state index >= 15 is 0 Å². The van der Waals surface area contributed by atoms with Gasteiger partial charge in [0, 0.05) is 19.6 Å². The molecule has 0 unspecified atom stereocenters. The predicted molar refractivity (Wildman–Crippen MR) is 135 cm³/mol. The predicted octanol–water partition coefficient (Wildman–Crippen LogP) is 6.03. The lowest BCUT2D eigenvalue weighted by Gasteiger charge is -2.26. The minimum atomic E-state index is 0.576. The van der Waals surface area contributed by atoms with E-state index in [2.05, 4.69) is 53.4 Å². The number of ether oxygens (including phenoxy) is 2. The number of oxazole rings is 1. The van der Waals surface area contributed by atoms with Crippen LogP contribution in [0, 0.1) is 0 Å². The van der Waals surface area contributed by atoms with Gasteiger partial charge in [-0.1, -0.05) is 60.7 Å². The number of hydrogen-bond donors (Lipinski definition) is 0. The lowest BCUT2D eigenvalue weighted by atomic mass is 10.1. The fourth-order valence-electron chi connectivity index (χ4n) is 4.47. The first kappa shape index (κ1) is 20.9. The SMILES string of the molecule is c1ccc(-c2ccc3oc(-c4cc5ccccc5cc4OCCN4CCOCC4)nc3c2)cc1. The Hall–Kier alpha value is -3.67. The average molecular weight is 451 g/mol. The fourth-order valence-corrected chi connectivity index (χ4v) is 4.47. The first-order chi connectivity index (χ1) is 16.8. The second kappa shape index (κ2) is 9.29. The molecule has 5 nitrogen and oxygen atoms in total. The summed E-state index contributed by atoms with van der Waals surface area (Å²) in [5.41, 5.74) is 4.75. The Morgan fingerprint density at radius 1 is 0.794 bits per heavy atom. The van der Waals surface area contributed by atoms with Crippen molar-refractivity contribution in [3.63, 3.8) is 0 Å². The summed E-state index contributed by atoms with van der Waals surface area (Å²) in [7, 11) is 0. The zero-order valence-corrected chi connectivity index (χ0v) is 18.9. The Kier molecular flexibility index (Phi) is 5.71. The van der Waals surface area contributed by atoms with Gasteiger partial charge in [0.2, 0.25) is 5.89 Å². The van der Waals surface area contributed by atoms with Gasteiger partial charge < -0.3 is 13.9 Å². The van der Waals surface area contributed by atoms with Crippen LogP contribution in [0.3, 0.4) is 0 Å². The van der Waals surface area contributed by atoms with Gasteiger partial charge in [0.05, 0.1) is 18.8 Å². The number of nitrogens with zero attached hydrogens (tertiary/aromatic N) is 2. The van der Waals surface area contributed by atoms with Gasteiger partial charge >= 0.3 is 0 Å². The summed E-state index contributed by atoms with van der Waals surface area (Å²) in [5.74, 6) is 1.37. The lowest BCUT2D eigenvalue weighted by Crippen LogP contribution is -2.38. The quantitative estimate of drug-likeness (QED) is 0.316. The van der Waals surface area contributed by atoms with Crippen molar-refractivity contribution in [1.82, 2.24) is 9.88 Å². The monoisotopic (exact) mass is 450 g/mol. The first-order valence-corrected chi connectivity index (χ1v) is 11.8. The smallest absolute Gasteiger partial charge is 0.231 e. The second-order valence-corrected chi connectivity index (χ2v) is 8.57. The van der Waals surface area contributed by atoms with Crippen LogP contribution in [0.1, 0.15) is 0 Å². The standard InChI is InChI=1S/C29H26N2O3/c1-2-6-21(7-3-1)24-10-11-27-26(19-24)30-29(34-27)25-18-22-8-4-5-9-23(22)20-28(25)33-17-14-31-12-15-32-16-13-31/h1-11,18-20H,12-17H2. The van der Waals surface area contributed by atoms with Crippen LogP contribution in [0.25, 0.3) is 44.5 Å². The van der Waals surface area contributed by atoms with Gasteiger partial charge in [-0.3, -0.25) is 4.90 Å². The number of morpholine rings is 1. The van der Waals surface area contributed by atoms with Gasteiger partial charge in [-0.25, -0.2) is 4.98 Å². The Balaban J connectivity index is 1.34. The van der Waals surface area contributed by atoms with Crippen LogP contribution in [0.5, 0.6) is 5.75 Å². The zero-order chi connectivity index (χ0) is 22.7. The maximum absolute atomic E-state index is 6.31. The first-order valence-electron chi connectivity index (χ1n) is 11.8. The highest BCUT2D eigenvalue weighted by Gasteiger charge is 2.17. The van der Waals surface area contributed by atoms with E-state index in [1.807, 2.05) is 36.4 Å². The van der Waals surface area contributed by atoms with Crippen molar-refractivity contribution in [3.05, 3.63) is 84.9 Å². The lowest BCUT2D eigenvalue weighted by molar-refractivity contribution is 0.0323. The zero-order valence-electron chi connectivity index (χ0n) is 18.9. The molecule has 2 heterocycles. The van der Waals surface area contributed by atoms with Crippen molar-refractivity contribution in [2.45, 2.75) is 0 Å². The van der Waals surface area contributed by atoms with Crippen molar-refractivity contribution < 1.29 is 13.9 Å². The molecule has 1 aromatic heterocycles. The third kappa shape index (κ3) is 4.28. The number of fused-ring (bicyclic) bond motifs is 2. The second-order valence-electron chi connectivity index (χ2n) is 8.57. The summed E-state index contributed by atoms with van der Waals surface area (Å²) in [6.45, 7) is 4.93. The van der Waals surface area contributed by atoms with Gasteiger partial charge in [0.25, 0.3) is 0 Å². The third-order valence-corrected chi connectivity index (χ3v) is 6.34. The Labute approximate surface area is 198 Å². The summed E-state index contributed by atoms with van der Waals surface area (Å²) in [4.78, 5) is 7.23. The molecule has 5 aromatic rings. The van der Waals surface area contributed by atoms with Crippen LogP contribution in [-0.2, 0) is 4.74 Å². The Morgan fingerprint density at radius 3 is 2.38 bits per heavy atom. The number of aromatic nitrogens is 1.